The summed E-state index contributed by atoms with van der Waals surface area (Å²) in [5, 5.41) is 3.09. The molecule has 2 heterocycles. The minimum absolute atomic E-state index is 0.132. The number of likely N-dealkylation sites (tertiary alicyclic amines) is 1. The van der Waals surface area contributed by atoms with Crippen LogP contribution in [0.1, 0.15) is 13.3 Å². The summed E-state index contributed by atoms with van der Waals surface area (Å²) < 4.78 is 10.9. The largest absolute Gasteiger partial charge is 0.486 e. The van der Waals surface area contributed by atoms with Gasteiger partial charge in [0, 0.05) is 18.3 Å². The molecular formula is C14H16N2O4. The average molecular weight is 276 g/mol. The number of hydrogen-bond donors (Lipinski definition) is 1. The molecule has 1 aromatic carbocycles. The molecule has 106 valence electrons. The van der Waals surface area contributed by atoms with Crippen LogP contribution in [-0.2, 0) is 9.59 Å². The fraction of sp³-hybridized carbons (Fsp3) is 0.429. The number of nitrogens with one attached hydrogen (secondary N) is 1. The lowest BCUT2D eigenvalue weighted by atomic mass is 10.2. The number of ether oxygens (including phenoxy) is 2. The van der Waals surface area contributed by atoms with Gasteiger partial charge in [-0.05, 0) is 19.1 Å². The molecule has 2 amide bonds. The summed E-state index contributed by atoms with van der Waals surface area (Å²) in [6.45, 7) is 3.26. The van der Waals surface area contributed by atoms with E-state index >= 15 is 0 Å². The molecule has 0 radical (unpaired) electrons. The van der Waals surface area contributed by atoms with Crippen molar-refractivity contribution in [3.8, 4) is 11.5 Å². The predicted molar refractivity (Wildman–Crippen MR) is 71.9 cm³/mol. The maximum Gasteiger partial charge on any atom is 0.252 e. The Balaban J connectivity index is 1.75. The molecule has 0 unspecified atom stereocenters. The van der Waals surface area contributed by atoms with Crippen molar-refractivity contribution < 1.29 is 19.1 Å². The number of benzene rings is 1. The van der Waals surface area contributed by atoms with Crippen LogP contribution in [0.15, 0.2) is 18.2 Å². The molecule has 0 aromatic heterocycles. The van der Waals surface area contributed by atoms with Gasteiger partial charge in [0.1, 0.15) is 19.3 Å². The zero-order valence-corrected chi connectivity index (χ0v) is 11.2. The average Bonchev–Trinajstić information content (AvgIpc) is 2.73. The number of hydrogen-bond acceptors (Lipinski definition) is 5. The van der Waals surface area contributed by atoms with Crippen LogP contribution in [0.2, 0.25) is 0 Å². The zero-order valence-electron chi connectivity index (χ0n) is 11.2. The first kappa shape index (κ1) is 12.8. The van der Waals surface area contributed by atoms with Gasteiger partial charge in [-0.25, -0.2) is 0 Å². The zero-order chi connectivity index (χ0) is 14.1. The highest BCUT2D eigenvalue weighted by Gasteiger charge is 2.37. The second-order valence-electron chi connectivity index (χ2n) is 4.74. The number of likely N-dealkylation sites (N-methyl/N-ethyl adjacent to an activating group) is 1. The Labute approximate surface area is 116 Å². The first-order valence-corrected chi connectivity index (χ1v) is 6.69. The number of amides is 2. The van der Waals surface area contributed by atoms with Crippen LogP contribution < -0.4 is 14.8 Å². The van der Waals surface area contributed by atoms with Gasteiger partial charge in [0.15, 0.2) is 11.5 Å². The molecule has 20 heavy (non-hydrogen) atoms. The first-order chi connectivity index (χ1) is 9.69. The predicted octanol–water partition coefficient (Wildman–Crippen LogP) is 1.02. The van der Waals surface area contributed by atoms with Crippen LogP contribution in [0.3, 0.4) is 0 Å². The number of carbonyl (C=O) groups is 2. The molecular weight excluding hydrogens is 260 g/mol. The molecule has 6 nitrogen and oxygen atoms in total. The van der Waals surface area contributed by atoms with Crippen molar-refractivity contribution in [3.05, 3.63) is 18.2 Å². The Hall–Kier alpha value is -2.24. The van der Waals surface area contributed by atoms with Crippen molar-refractivity contribution in [2.75, 3.05) is 25.1 Å². The van der Waals surface area contributed by atoms with Gasteiger partial charge in [0.05, 0.1) is 6.42 Å². The lowest BCUT2D eigenvalue weighted by molar-refractivity contribution is -0.138. The smallest absolute Gasteiger partial charge is 0.252 e. The van der Waals surface area contributed by atoms with Gasteiger partial charge in [0.2, 0.25) is 5.91 Å². The van der Waals surface area contributed by atoms with Gasteiger partial charge in [-0.15, -0.1) is 0 Å². The molecule has 0 aliphatic carbocycles. The summed E-state index contributed by atoms with van der Waals surface area (Å²) in [5.41, 5.74) is 0.748. The maximum atomic E-state index is 12.0. The van der Waals surface area contributed by atoms with Crippen LogP contribution in [0.25, 0.3) is 0 Å². The van der Waals surface area contributed by atoms with Gasteiger partial charge in [0.25, 0.3) is 5.91 Å². The summed E-state index contributed by atoms with van der Waals surface area (Å²) in [6, 6.07) is 4.92. The minimum Gasteiger partial charge on any atom is -0.486 e. The fourth-order valence-electron chi connectivity index (χ4n) is 2.46. The molecule has 3 rings (SSSR count). The molecule has 1 fully saturated rings. The van der Waals surface area contributed by atoms with Gasteiger partial charge >= 0.3 is 0 Å². The fourth-order valence-corrected chi connectivity index (χ4v) is 2.46. The lowest BCUT2D eigenvalue weighted by Gasteiger charge is -2.20. The SMILES string of the molecule is CCN1C(=O)C[C@@H](Nc2ccc3c(c2)OCCO3)C1=O. The molecule has 1 aromatic rings. The Bertz CT molecular complexity index is 558. The topological polar surface area (TPSA) is 67.9 Å². The number of rotatable bonds is 3. The van der Waals surface area contributed by atoms with Gasteiger partial charge in [-0.2, -0.15) is 0 Å². The van der Waals surface area contributed by atoms with Gasteiger partial charge in [-0.1, -0.05) is 0 Å². The Morgan fingerprint density at radius 1 is 1.25 bits per heavy atom. The summed E-state index contributed by atoms with van der Waals surface area (Å²) >= 11 is 0. The Kier molecular flexibility index (Phi) is 3.22. The summed E-state index contributed by atoms with van der Waals surface area (Å²) in [5.74, 6) is 1.05. The number of anilines is 1. The molecule has 0 spiro atoms. The van der Waals surface area contributed by atoms with Crippen molar-refractivity contribution in [3.63, 3.8) is 0 Å². The minimum atomic E-state index is -0.495. The number of imide groups is 1. The van der Waals surface area contributed by atoms with Crippen molar-refractivity contribution >= 4 is 17.5 Å². The van der Waals surface area contributed by atoms with E-state index in [0.29, 0.717) is 31.3 Å². The van der Waals surface area contributed by atoms with Gasteiger partial charge in [-0.3, -0.25) is 14.5 Å². The third-order valence-corrected chi connectivity index (χ3v) is 3.44. The Morgan fingerprint density at radius 3 is 2.70 bits per heavy atom. The third-order valence-electron chi connectivity index (χ3n) is 3.44. The van der Waals surface area contributed by atoms with E-state index in [0.717, 1.165) is 5.69 Å². The molecule has 6 heteroatoms. The molecule has 2 aliphatic rings. The normalized spacial score (nSPS) is 21.2. The van der Waals surface area contributed by atoms with Crippen LogP contribution in [0.5, 0.6) is 11.5 Å². The number of fused-ring (bicyclic) bond motifs is 1. The van der Waals surface area contributed by atoms with Gasteiger partial charge < -0.3 is 14.8 Å². The molecule has 2 aliphatic heterocycles. The molecule has 1 N–H and O–H groups in total. The van der Waals surface area contributed by atoms with E-state index in [1.165, 1.54) is 4.90 Å². The second-order valence-corrected chi connectivity index (χ2v) is 4.74. The van der Waals surface area contributed by atoms with Crippen LogP contribution >= 0.6 is 0 Å². The molecule has 0 bridgehead atoms. The number of carbonyl (C=O) groups excluding carboxylic acids is 2. The van der Waals surface area contributed by atoms with Crippen molar-refractivity contribution in [2.45, 2.75) is 19.4 Å². The molecule has 0 saturated carbocycles. The van der Waals surface area contributed by atoms with E-state index in [4.69, 9.17) is 9.47 Å². The quantitative estimate of drug-likeness (QED) is 0.835. The van der Waals surface area contributed by atoms with E-state index in [2.05, 4.69) is 5.32 Å². The highest BCUT2D eigenvalue weighted by atomic mass is 16.6. The van der Waals surface area contributed by atoms with Crippen molar-refractivity contribution in [2.24, 2.45) is 0 Å². The summed E-state index contributed by atoms with van der Waals surface area (Å²) in [7, 11) is 0. The molecule has 1 atom stereocenters. The Morgan fingerprint density at radius 2 is 2.00 bits per heavy atom. The highest BCUT2D eigenvalue weighted by Crippen LogP contribution is 2.33. The summed E-state index contributed by atoms with van der Waals surface area (Å²) in [4.78, 5) is 25.0. The maximum absolute atomic E-state index is 12.0. The van der Waals surface area contributed by atoms with E-state index in [1.54, 1.807) is 19.1 Å². The molecule has 1 saturated heterocycles. The van der Waals surface area contributed by atoms with Crippen molar-refractivity contribution in [1.29, 1.82) is 0 Å². The van der Waals surface area contributed by atoms with Crippen LogP contribution in [-0.4, -0.2) is 42.5 Å². The summed E-state index contributed by atoms with van der Waals surface area (Å²) in [6.07, 6.45) is 0.196. The standard InChI is InChI=1S/C14H16N2O4/c1-2-16-13(17)8-10(14(16)18)15-9-3-4-11-12(7-9)20-6-5-19-11/h3-4,7,10,15H,2,5-6,8H2,1H3/t10-/m1/s1. The number of nitrogens with zero attached hydrogens (tertiary/aromatic N) is 1. The second kappa shape index (κ2) is 5.03. The van der Waals surface area contributed by atoms with E-state index in [9.17, 15) is 9.59 Å². The highest BCUT2D eigenvalue weighted by molar-refractivity contribution is 6.06. The monoisotopic (exact) mass is 276 g/mol. The third kappa shape index (κ3) is 2.17. The van der Waals surface area contributed by atoms with E-state index in [-0.39, 0.29) is 18.2 Å². The van der Waals surface area contributed by atoms with Crippen LogP contribution in [0, 0.1) is 0 Å². The van der Waals surface area contributed by atoms with E-state index in [1.807, 2.05) is 6.07 Å². The van der Waals surface area contributed by atoms with Crippen LogP contribution in [0.4, 0.5) is 5.69 Å². The first-order valence-electron chi connectivity index (χ1n) is 6.69. The lowest BCUT2D eigenvalue weighted by Crippen LogP contribution is -2.34. The van der Waals surface area contributed by atoms with Crippen molar-refractivity contribution in [1.82, 2.24) is 4.90 Å². The van der Waals surface area contributed by atoms with E-state index < -0.39 is 6.04 Å².